The number of rotatable bonds is 6. The first-order valence-electron chi connectivity index (χ1n) is 9.94. The first kappa shape index (κ1) is 20.5. The molecule has 162 valence electrons. The number of amides is 2. The lowest BCUT2D eigenvalue weighted by molar-refractivity contribution is 0.110. The van der Waals surface area contributed by atoms with Gasteiger partial charge in [0.1, 0.15) is 6.10 Å². The summed E-state index contributed by atoms with van der Waals surface area (Å²) in [6.45, 7) is 1.17. The summed E-state index contributed by atoms with van der Waals surface area (Å²) in [4.78, 5) is 14.4. The highest BCUT2D eigenvalue weighted by molar-refractivity contribution is 5.89. The zero-order chi connectivity index (χ0) is 21.6. The summed E-state index contributed by atoms with van der Waals surface area (Å²) in [6.07, 6.45) is 4.88. The number of methoxy groups -OCH3 is 2. The fourth-order valence-electron chi connectivity index (χ4n) is 3.37. The molecule has 3 aromatic rings. The van der Waals surface area contributed by atoms with Crippen molar-refractivity contribution in [2.45, 2.75) is 18.9 Å². The first-order chi connectivity index (χ1) is 15.2. The van der Waals surface area contributed by atoms with E-state index in [9.17, 15) is 4.79 Å². The van der Waals surface area contributed by atoms with E-state index in [0.717, 1.165) is 0 Å². The van der Waals surface area contributed by atoms with Crippen molar-refractivity contribution in [3.63, 3.8) is 0 Å². The predicted octanol–water partition coefficient (Wildman–Crippen LogP) is 2.75. The Kier molecular flexibility index (Phi) is 6.16. The van der Waals surface area contributed by atoms with Crippen LogP contribution in [0.1, 0.15) is 12.8 Å². The maximum Gasteiger partial charge on any atom is 0.321 e. The van der Waals surface area contributed by atoms with Crippen LogP contribution in [-0.4, -0.2) is 64.3 Å². The van der Waals surface area contributed by atoms with Gasteiger partial charge in [-0.1, -0.05) is 0 Å². The molecule has 1 aliphatic rings. The van der Waals surface area contributed by atoms with Crippen molar-refractivity contribution in [3.05, 3.63) is 48.8 Å². The second kappa shape index (κ2) is 9.33. The van der Waals surface area contributed by atoms with Gasteiger partial charge in [-0.25, -0.2) is 9.48 Å². The van der Waals surface area contributed by atoms with Gasteiger partial charge in [0.05, 0.1) is 14.2 Å². The maximum absolute atomic E-state index is 12.6. The molecule has 10 nitrogen and oxygen atoms in total. The third kappa shape index (κ3) is 4.85. The molecule has 0 unspecified atom stereocenters. The molecule has 0 bridgehead atoms. The van der Waals surface area contributed by atoms with Gasteiger partial charge < -0.3 is 24.4 Å². The van der Waals surface area contributed by atoms with Gasteiger partial charge >= 0.3 is 6.03 Å². The molecule has 1 saturated heterocycles. The van der Waals surface area contributed by atoms with E-state index in [2.05, 4.69) is 20.6 Å². The van der Waals surface area contributed by atoms with Crippen molar-refractivity contribution in [2.24, 2.45) is 0 Å². The fraction of sp³-hybridized carbons (Fsp3) is 0.333. The number of ether oxygens (including phenoxy) is 3. The summed E-state index contributed by atoms with van der Waals surface area (Å²) in [5.41, 5.74) is 0.647. The standard InChI is InChI=1S/C21H24N6O4/c1-29-17-5-4-15(14-18(17)30-2)23-21(28)26-12-8-16(9-13-26)31-20-7-6-19(24-25-20)27-11-3-10-22-27/h3-7,10-11,14,16H,8-9,12-13H2,1-2H3,(H,23,28). The molecule has 0 radical (unpaired) electrons. The second-order valence-corrected chi connectivity index (χ2v) is 6.98. The van der Waals surface area contributed by atoms with Crippen LogP contribution in [0.3, 0.4) is 0 Å². The van der Waals surface area contributed by atoms with Gasteiger partial charge in [0, 0.05) is 56.1 Å². The van der Waals surface area contributed by atoms with Crippen LogP contribution >= 0.6 is 0 Å². The Hall–Kier alpha value is -3.82. The van der Waals surface area contributed by atoms with E-state index in [1.165, 1.54) is 0 Å². The van der Waals surface area contributed by atoms with Crippen LogP contribution in [0.2, 0.25) is 0 Å². The largest absolute Gasteiger partial charge is 0.493 e. The molecule has 2 amide bonds. The lowest BCUT2D eigenvalue weighted by Crippen LogP contribution is -2.43. The molecule has 10 heteroatoms. The lowest BCUT2D eigenvalue weighted by Gasteiger charge is -2.31. The molecule has 1 aliphatic heterocycles. The minimum atomic E-state index is -0.158. The van der Waals surface area contributed by atoms with Crippen molar-refractivity contribution in [2.75, 3.05) is 32.6 Å². The van der Waals surface area contributed by atoms with Crippen molar-refractivity contribution in [1.29, 1.82) is 0 Å². The summed E-state index contributed by atoms with van der Waals surface area (Å²) >= 11 is 0. The van der Waals surface area contributed by atoms with E-state index < -0.39 is 0 Å². The number of carbonyl (C=O) groups excluding carboxylic acids is 1. The van der Waals surface area contributed by atoms with Gasteiger partial charge in [-0.2, -0.15) is 5.10 Å². The summed E-state index contributed by atoms with van der Waals surface area (Å²) in [6, 6.07) is 10.5. The van der Waals surface area contributed by atoms with E-state index in [1.54, 1.807) is 66.5 Å². The molecule has 0 aliphatic carbocycles. The smallest absolute Gasteiger partial charge is 0.321 e. The highest BCUT2D eigenvalue weighted by Gasteiger charge is 2.24. The molecular weight excluding hydrogens is 400 g/mol. The molecule has 1 aromatic carbocycles. The van der Waals surface area contributed by atoms with Crippen molar-refractivity contribution < 1.29 is 19.0 Å². The number of piperidine rings is 1. The Bertz CT molecular complexity index is 1000. The Morgan fingerprint density at radius 3 is 2.52 bits per heavy atom. The van der Waals surface area contributed by atoms with Gasteiger partial charge in [0.15, 0.2) is 17.3 Å². The molecule has 1 fully saturated rings. The number of carbonyl (C=O) groups is 1. The van der Waals surface area contributed by atoms with Crippen LogP contribution < -0.4 is 19.5 Å². The molecule has 3 heterocycles. The Morgan fingerprint density at radius 2 is 1.87 bits per heavy atom. The summed E-state index contributed by atoms with van der Waals surface area (Å²) in [5, 5.41) is 15.3. The number of urea groups is 1. The molecule has 1 N–H and O–H groups in total. The Morgan fingerprint density at radius 1 is 1.06 bits per heavy atom. The van der Waals surface area contributed by atoms with E-state index in [-0.39, 0.29) is 12.1 Å². The number of likely N-dealkylation sites (tertiary alicyclic amines) is 1. The quantitative estimate of drug-likeness (QED) is 0.649. The number of hydrogen-bond donors (Lipinski definition) is 1. The van der Waals surface area contributed by atoms with Crippen LogP contribution in [0.5, 0.6) is 17.4 Å². The maximum atomic E-state index is 12.6. The topological polar surface area (TPSA) is 104 Å². The highest BCUT2D eigenvalue weighted by Crippen LogP contribution is 2.30. The van der Waals surface area contributed by atoms with Gasteiger partial charge in [-0.05, 0) is 24.3 Å². The summed E-state index contributed by atoms with van der Waals surface area (Å²) in [7, 11) is 3.13. The minimum Gasteiger partial charge on any atom is -0.493 e. The molecule has 0 atom stereocenters. The molecule has 4 rings (SSSR count). The van der Waals surface area contributed by atoms with Crippen molar-refractivity contribution >= 4 is 11.7 Å². The van der Waals surface area contributed by atoms with Crippen molar-refractivity contribution in [3.8, 4) is 23.2 Å². The number of nitrogens with one attached hydrogen (secondary N) is 1. The van der Waals surface area contributed by atoms with Crippen LogP contribution in [-0.2, 0) is 0 Å². The zero-order valence-corrected chi connectivity index (χ0v) is 17.4. The third-order valence-electron chi connectivity index (χ3n) is 5.02. The number of anilines is 1. The second-order valence-electron chi connectivity index (χ2n) is 6.98. The molecule has 31 heavy (non-hydrogen) atoms. The first-order valence-corrected chi connectivity index (χ1v) is 9.94. The van der Waals surface area contributed by atoms with E-state index in [0.29, 0.717) is 54.8 Å². The van der Waals surface area contributed by atoms with Gasteiger partial charge in [-0.3, -0.25) is 0 Å². The van der Waals surface area contributed by atoms with Crippen molar-refractivity contribution in [1.82, 2.24) is 24.9 Å². The summed E-state index contributed by atoms with van der Waals surface area (Å²) in [5.74, 6) is 2.26. The van der Waals surface area contributed by atoms with Gasteiger partial charge in [-0.15, -0.1) is 10.2 Å². The fourth-order valence-corrected chi connectivity index (χ4v) is 3.37. The Balaban J connectivity index is 1.28. The average Bonchev–Trinajstić information content (AvgIpc) is 3.35. The van der Waals surface area contributed by atoms with Gasteiger partial charge in [0.25, 0.3) is 0 Å². The number of benzene rings is 1. The molecular formula is C21H24N6O4. The SMILES string of the molecule is COc1ccc(NC(=O)N2CCC(Oc3ccc(-n4cccn4)nn3)CC2)cc1OC. The van der Waals surface area contributed by atoms with E-state index in [4.69, 9.17) is 14.2 Å². The molecule has 0 spiro atoms. The van der Waals surface area contributed by atoms with E-state index >= 15 is 0 Å². The summed E-state index contributed by atoms with van der Waals surface area (Å²) < 4.78 is 18.1. The lowest BCUT2D eigenvalue weighted by atomic mass is 10.1. The minimum absolute atomic E-state index is 0.0185. The molecule has 0 saturated carbocycles. The van der Waals surface area contributed by atoms with E-state index in [1.807, 2.05) is 6.07 Å². The monoisotopic (exact) mass is 424 g/mol. The molecule has 2 aromatic heterocycles. The van der Waals surface area contributed by atoms with Crippen LogP contribution in [0.25, 0.3) is 5.82 Å². The zero-order valence-electron chi connectivity index (χ0n) is 17.4. The number of aromatic nitrogens is 4. The van der Waals surface area contributed by atoms with Crippen LogP contribution in [0.4, 0.5) is 10.5 Å². The average molecular weight is 424 g/mol. The number of hydrogen-bond acceptors (Lipinski definition) is 7. The highest BCUT2D eigenvalue weighted by atomic mass is 16.5. The van der Waals surface area contributed by atoms with Crippen LogP contribution in [0.15, 0.2) is 48.8 Å². The predicted molar refractivity (Wildman–Crippen MR) is 113 cm³/mol. The number of nitrogens with zero attached hydrogens (tertiary/aromatic N) is 5. The van der Waals surface area contributed by atoms with Crippen LogP contribution in [0, 0.1) is 0 Å². The van der Waals surface area contributed by atoms with Gasteiger partial charge in [0.2, 0.25) is 5.88 Å². The third-order valence-corrected chi connectivity index (χ3v) is 5.02. The Labute approximate surface area is 179 Å². The normalized spacial score (nSPS) is 14.2.